The van der Waals surface area contributed by atoms with E-state index in [0.717, 1.165) is 25.9 Å². The molecule has 1 fully saturated rings. The van der Waals surface area contributed by atoms with E-state index < -0.39 is 4.92 Å². The molecule has 108 valence electrons. The van der Waals surface area contributed by atoms with Crippen molar-refractivity contribution in [3.63, 3.8) is 0 Å². The highest BCUT2D eigenvalue weighted by molar-refractivity contribution is 5.95. The largest absolute Gasteiger partial charge is 0.393 e. The van der Waals surface area contributed by atoms with Gasteiger partial charge in [0.1, 0.15) is 5.69 Å². The molecule has 7 nitrogen and oxygen atoms in total. The Morgan fingerprint density at radius 2 is 2.10 bits per heavy atom. The van der Waals surface area contributed by atoms with E-state index in [-0.39, 0.29) is 23.3 Å². The van der Waals surface area contributed by atoms with E-state index in [2.05, 4.69) is 17.3 Å². The maximum atomic E-state index is 12.1. The highest BCUT2D eigenvalue weighted by Crippen LogP contribution is 2.22. The number of carbonyl (C=O) groups excluding carboxylic acids is 1. The monoisotopic (exact) mass is 278 g/mol. The first-order chi connectivity index (χ1) is 9.47. The number of nitrogen functional groups attached to an aromatic ring is 1. The third-order valence-electron chi connectivity index (χ3n) is 3.54. The Morgan fingerprint density at radius 1 is 1.45 bits per heavy atom. The first kappa shape index (κ1) is 14.3. The Morgan fingerprint density at radius 3 is 2.65 bits per heavy atom. The van der Waals surface area contributed by atoms with Gasteiger partial charge in [-0.3, -0.25) is 14.9 Å². The quantitative estimate of drug-likeness (QED) is 0.488. The van der Waals surface area contributed by atoms with E-state index >= 15 is 0 Å². The summed E-state index contributed by atoms with van der Waals surface area (Å²) < 4.78 is 0. The molecule has 1 saturated heterocycles. The Balaban J connectivity index is 2.02. The summed E-state index contributed by atoms with van der Waals surface area (Å²) in [5.41, 5.74) is 5.76. The number of nitrogens with two attached hydrogens (primary N) is 1. The second kappa shape index (κ2) is 5.87. The summed E-state index contributed by atoms with van der Waals surface area (Å²) in [5, 5.41) is 13.6. The van der Waals surface area contributed by atoms with Gasteiger partial charge in [-0.15, -0.1) is 0 Å². The van der Waals surface area contributed by atoms with Crippen LogP contribution < -0.4 is 11.1 Å². The van der Waals surface area contributed by atoms with Crippen LogP contribution in [0.3, 0.4) is 0 Å². The molecule has 1 aromatic carbocycles. The minimum Gasteiger partial charge on any atom is -0.393 e. The van der Waals surface area contributed by atoms with Gasteiger partial charge in [0.05, 0.1) is 4.92 Å². The fourth-order valence-corrected chi connectivity index (χ4v) is 2.28. The molecule has 0 bridgehead atoms. The van der Waals surface area contributed by atoms with E-state index in [1.807, 2.05) is 0 Å². The number of benzene rings is 1. The van der Waals surface area contributed by atoms with Crippen molar-refractivity contribution in [3.8, 4) is 0 Å². The van der Waals surface area contributed by atoms with Crippen molar-refractivity contribution in [1.29, 1.82) is 0 Å². The van der Waals surface area contributed by atoms with Gasteiger partial charge in [-0.05, 0) is 45.1 Å². The van der Waals surface area contributed by atoms with Gasteiger partial charge in [0.15, 0.2) is 0 Å². The lowest BCUT2D eigenvalue weighted by Crippen LogP contribution is -2.43. The smallest absolute Gasteiger partial charge is 0.292 e. The van der Waals surface area contributed by atoms with Gasteiger partial charge in [0.25, 0.3) is 11.6 Å². The minimum atomic E-state index is -0.562. The van der Waals surface area contributed by atoms with Gasteiger partial charge in [0, 0.05) is 17.7 Å². The van der Waals surface area contributed by atoms with Crippen molar-refractivity contribution in [2.45, 2.75) is 18.9 Å². The van der Waals surface area contributed by atoms with Crippen molar-refractivity contribution >= 4 is 17.3 Å². The lowest BCUT2D eigenvalue weighted by atomic mass is 10.0. The van der Waals surface area contributed by atoms with Crippen molar-refractivity contribution in [3.05, 3.63) is 33.9 Å². The van der Waals surface area contributed by atoms with Crippen LogP contribution in [0, 0.1) is 10.1 Å². The van der Waals surface area contributed by atoms with Gasteiger partial charge >= 0.3 is 0 Å². The Kier molecular flexibility index (Phi) is 4.19. The summed E-state index contributed by atoms with van der Waals surface area (Å²) in [4.78, 5) is 24.4. The Hall–Kier alpha value is -2.15. The van der Waals surface area contributed by atoms with Crippen LogP contribution in [0.5, 0.6) is 0 Å². The maximum absolute atomic E-state index is 12.1. The van der Waals surface area contributed by atoms with Gasteiger partial charge < -0.3 is 16.0 Å². The molecule has 0 unspecified atom stereocenters. The second-order valence-electron chi connectivity index (χ2n) is 5.08. The van der Waals surface area contributed by atoms with Crippen LogP contribution in [0.1, 0.15) is 23.2 Å². The van der Waals surface area contributed by atoms with E-state index in [1.165, 1.54) is 18.2 Å². The fourth-order valence-electron chi connectivity index (χ4n) is 2.28. The van der Waals surface area contributed by atoms with Gasteiger partial charge in [-0.2, -0.15) is 0 Å². The summed E-state index contributed by atoms with van der Waals surface area (Å²) >= 11 is 0. The second-order valence-corrected chi connectivity index (χ2v) is 5.08. The molecule has 2 rings (SSSR count). The molecule has 0 aromatic heterocycles. The zero-order valence-corrected chi connectivity index (χ0v) is 11.3. The molecule has 0 saturated carbocycles. The molecule has 0 aliphatic carbocycles. The maximum Gasteiger partial charge on any atom is 0.292 e. The molecule has 1 heterocycles. The molecule has 3 N–H and O–H groups in total. The number of nitro benzene ring substituents is 1. The van der Waals surface area contributed by atoms with Crippen LogP contribution in [-0.2, 0) is 0 Å². The normalized spacial score (nSPS) is 16.9. The third-order valence-corrected chi connectivity index (χ3v) is 3.54. The molecule has 1 aliphatic heterocycles. The predicted octanol–water partition coefficient (Wildman–Crippen LogP) is 1.00. The molecular formula is C13H18N4O3. The molecular weight excluding hydrogens is 260 g/mol. The van der Waals surface area contributed by atoms with Crippen molar-refractivity contribution in [2.24, 2.45) is 0 Å². The van der Waals surface area contributed by atoms with Crippen molar-refractivity contribution in [1.82, 2.24) is 10.2 Å². The third kappa shape index (κ3) is 3.24. The molecule has 1 amide bonds. The van der Waals surface area contributed by atoms with E-state index in [4.69, 9.17) is 5.73 Å². The summed E-state index contributed by atoms with van der Waals surface area (Å²) in [6.07, 6.45) is 1.81. The number of piperidine rings is 1. The Bertz CT molecular complexity index is 524. The number of hydrogen-bond acceptors (Lipinski definition) is 5. The average Bonchev–Trinajstić information content (AvgIpc) is 2.40. The SMILES string of the molecule is CN1CCC(NC(=O)c2ccc([N+](=O)[O-])c(N)c2)CC1. The minimum absolute atomic E-state index is 0.00558. The van der Waals surface area contributed by atoms with Gasteiger partial charge in [-0.25, -0.2) is 0 Å². The average molecular weight is 278 g/mol. The molecule has 1 aromatic rings. The molecule has 0 atom stereocenters. The number of rotatable bonds is 3. The number of hydrogen-bond donors (Lipinski definition) is 2. The van der Waals surface area contributed by atoms with Crippen molar-refractivity contribution in [2.75, 3.05) is 25.9 Å². The number of nitro groups is 1. The fraction of sp³-hybridized carbons (Fsp3) is 0.462. The number of nitrogens with one attached hydrogen (secondary N) is 1. The molecule has 7 heteroatoms. The van der Waals surface area contributed by atoms with Crippen molar-refractivity contribution < 1.29 is 9.72 Å². The zero-order chi connectivity index (χ0) is 14.7. The van der Waals surface area contributed by atoms with E-state index in [9.17, 15) is 14.9 Å². The van der Waals surface area contributed by atoms with Crippen LogP contribution in [0.4, 0.5) is 11.4 Å². The topological polar surface area (TPSA) is 102 Å². The van der Waals surface area contributed by atoms with Gasteiger partial charge in [0.2, 0.25) is 0 Å². The number of likely N-dealkylation sites (tertiary alicyclic amines) is 1. The number of amides is 1. The number of anilines is 1. The highest BCUT2D eigenvalue weighted by Gasteiger charge is 2.20. The molecule has 20 heavy (non-hydrogen) atoms. The summed E-state index contributed by atoms with van der Waals surface area (Å²) in [6.45, 7) is 1.90. The predicted molar refractivity (Wildman–Crippen MR) is 75.5 cm³/mol. The van der Waals surface area contributed by atoms with E-state index in [0.29, 0.717) is 5.56 Å². The first-order valence-corrected chi connectivity index (χ1v) is 6.50. The molecule has 0 radical (unpaired) electrons. The lowest BCUT2D eigenvalue weighted by Gasteiger charge is -2.29. The summed E-state index contributed by atoms with van der Waals surface area (Å²) in [6, 6.07) is 4.19. The lowest BCUT2D eigenvalue weighted by molar-refractivity contribution is -0.383. The van der Waals surface area contributed by atoms with Crippen LogP contribution in [-0.4, -0.2) is 41.9 Å². The van der Waals surface area contributed by atoms with Crippen LogP contribution in [0.15, 0.2) is 18.2 Å². The van der Waals surface area contributed by atoms with Crippen LogP contribution in [0.2, 0.25) is 0 Å². The Labute approximate surface area is 116 Å². The van der Waals surface area contributed by atoms with E-state index in [1.54, 1.807) is 0 Å². The van der Waals surface area contributed by atoms with Gasteiger partial charge in [-0.1, -0.05) is 0 Å². The standard InChI is InChI=1S/C13H18N4O3/c1-16-6-4-10(5-7-16)15-13(18)9-2-3-12(17(19)20)11(14)8-9/h2-3,8,10H,4-7,14H2,1H3,(H,15,18). The van der Waals surface area contributed by atoms with Crippen LogP contribution in [0.25, 0.3) is 0 Å². The molecule has 0 spiro atoms. The zero-order valence-electron chi connectivity index (χ0n) is 11.3. The molecule has 1 aliphatic rings. The highest BCUT2D eigenvalue weighted by atomic mass is 16.6. The first-order valence-electron chi connectivity index (χ1n) is 6.50. The number of carbonyl (C=O) groups is 1. The van der Waals surface area contributed by atoms with Crippen LogP contribution >= 0.6 is 0 Å². The summed E-state index contributed by atoms with van der Waals surface area (Å²) in [5.74, 6) is -0.235. The number of nitrogens with zero attached hydrogens (tertiary/aromatic N) is 2. The summed E-state index contributed by atoms with van der Waals surface area (Å²) in [7, 11) is 2.05.